The lowest BCUT2D eigenvalue weighted by molar-refractivity contribution is 0.291. The molecular weight excluding hydrogens is 232 g/mol. The van der Waals surface area contributed by atoms with Crippen molar-refractivity contribution in [3.8, 4) is 12.0 Å². The van der Waals surface area contributed by atoms with Gasteiger partial charge in [0.05, 0.1) is 6.61 Å². The number of imidazole rings is 1. The Bertz CT molecular complexity index is 484. The Morgan fingerprint density at radius 2 is 2.17 bits per heavy atom. The van der Waals surface area contributed by atoms with Gasteiger partial charge in [0, 0.05) is 18.9 Å². The molecule has 0 fully saturated rings. The number of hydrogen-bond donors (Lipinski definition) is 1. The van der Waals surface area contributed by atoms with Crippen molar-refractivity contribution in [3.63, 3.8) is 0 Å². The van der Waals surface area contributed by atoms with Crippen LogP contribution in [0.3, 0.4) is 0 Å². The fraction of sp³-hybridized carbons (Fsp3) is 0.455. The number of hydrogen-bond acceptors (Lipinski definition) is 6. The zero-order valence-electron chi connectivity index (χ0n) is 10.5. The second-order valence-corrected chi connectivity index (χ2v) is 3.59. The van der Waals surface area contributed by atoms with Gasteiger partial charge in [0.1, 0.15) is 6.33 Å². The lowest BCUT2D eigenvalue weighted by Crippen LogP contribution is -2.10. The van der Waals surface area contributed by atoms with Crippen LogP contribution in [0.15, 0.2) is 18.7 Å². The van der Waals surface area contributed by atoms with E-state index in [1.54, 1.807) is 23.3 Å². The Kier molecular flexibility index (Phi) is 4.06. The van der Waals surface area contributed by atoms with E-state index in [0.717, 1.165) is 13.0 Å². The van der Waals surface area contributed by atoms with E-state index in [-0.39, 0.29) is 0 Å². The van der Waals surface area contributed by atoms with Gasteiger partial charge in [-0.2, -0.15) is 15.0 Å². The molecule has 0 aliphatic rings. The fourth-order valence-corrected chi connectivity index (χ4v) is 1.33. The molecule has 0 radical (unpaired) electrons. The van der Waals surface area contributed by atoms with E-state index in [1.165, 1.54) is 0 Å². The molecular formula is C11H16N6O. The van der Waals surface area contributed by atoms with Crippen LogP contribution in [0.4, 0.5) is 5.95 Å². The second-order valence-electron chi connectivity index (χ2n) is 3.59. The summed E-state index contributed by atoms with van der Waals surface area (Å²) in [5, 5.41) is 3.05. The topological polar surface area (TPSA) is 77.8 Å². The molecule has 2 rings (SSSR count). The molecule has 0 saturated carbocycles. The molecule has 7 heteroatoms. The fourth-order valence-electron chi connectivity index (χ4n) is 1.33. The van der Waals surface area contributed by atoms with Crippen LogP contribution < -0.4 is 10.1 Å². The standard InChI is InChI=1S/C11H16N6O/c1-3-7-18-11-15-9(13-4-2)14-10(16-11)17-6-5-12-8-17/h5-6,8H,3-4,7H2,1-2H3,(H,13,14,15,16). The largest absolute Gasteiger partial charge is 0.463 e. The van der Waals surface area contributed by atoms with Gasteiger partial charge in [-0.1, -0.05) is 6.92 Å². The molecule has 0 spiro atoms. The summed E-state index contributed by atoms with van der Waals surface area (Å²) in [5.41, 5.74) is 0. The third kappa shape index (κ3) is 2.93. The van der Waals surface area contributed by atoms with E-state index in [1.807, 2.05) is 13.8 Å². The molecule has 7 nitrogen and oxygen atoms in total. The Labute approximate surface area is 105 Å². The first-order valence-corrected chi connectivity index (χ1v) is 5.94. The van der Waals surface area contributed by atoms with Crippen LogP contribution in [0.25, 0.3) is 5.95 Å². The predicted octanol–water partition coefficient (Wildman–Crippen LogP) is 1.28. The highest BCUT2D eigenvalue weighted by molar-refractivity contribution is 5.30. The minimum atomic E-state index is 0.325. The summed E-state index contributed by atoms with van der Waals surface area (Å²) in [6.45, 7) is 5.33. The zero-order chi connectivity index (χ0) is 12.8. The molecule has 0 bridgehead atoms. The van der Waals surface area contributed by atoms with Crippen LogP contribution in [0.1, 0.15) is 20.3 Å². The van der Waals surface area contributed by atoms with Crippen LogP contribution in [-0.4, -0.2) is 37.7 Å². The molecule has 0 saturated heterocycles. The lowest BCUT2D eigenvalue weighted by atomic mass is 10.5. The van der Waals surface area contributed by atoms with Gasteiger partial charge in [-0.25, -0.2) is 4.98 Å². The van der Waals surface area contributed by atoms with E-state index in [2.05, 4.69) is 25.3 Å². The minimum Gasteiger partial charge on any atom is -0.463 e. The van der Waals surface area contributed by atoms with E-state index in [9.17, 15) is 0 Å². The predicted molar refractivity (Wildman–Crippen MR) is 66.9 cm³/mol. The van der Waals surface area contributed by atoms with Crippen LogP contribution in [0.2, 0.25) is 0 Å². The number of ether oxygens (including phenoxy) is 1. The van der Waals surface area contributed by atoms with Crippen molar-refractivity contribution >= 4 is 5.95 Å². The minimum absolute atomic E-state index is 0.325. The Morgan fingerprint density at radius 1 is 1.28 bits per heavy atom. The van der Waals surface area contributed by atoms with Gasteiger partial charge in [-0.05, 0) is 13.3 Å². The summed E-state index contributed by atoms with van der Waals surface area (Å²) in [6.07, 6.45) is 5.98. The molecule has 2 aromatic heterocycles. The van der Waals surface area contributed by atoms with E-state index < -0.39 is 0 Å². The van der Waals surface area contributed by atoms with Gasteiger partial charge in [-0.15, -0.1) is 0 Å². The van der Waals surface area contributed by atoms with Crippen molar-refractivity contribution in [1.29, 1.82) is 0 Å². The van der Waals surface area contributed by atoms with Crippen molar-refractivity contribution in [1.82, 2.24) is 24.5 Å². The molecule has 0 aliphatic carbocycles. The molecule has 2 aromatic rings. The zero-order valence-corrected chi connectivity index (χ0v) is 10.5. The van der Waals surface area contributed by atoms with Gasteiger partial charge < -0.3 is 10.1 Å². The second kappa shape index (κ2) is 5.95. The maximum atomic E-state index is 5.44. The molecule has 0 atom stereocenters. The van der Waals surface area contributed by atoms with Crippen LogP contribution >= 0.6 is 0 Å². The third-order valence-electron chi connectivity index (χ3n) is 2.11. The molecule has 0 unspecified atom stereocenters. The molecule has 2 heterocycles. The van der Waals surface area contributed by atoms with Crippen molar-refractivity contribution in [2.24, 2.45) is 0 Å². The number of anilines is 1. The molecule has 1 N–H and O–H groups in total. The summed E-state index contributed by atoms with van der Waals surface area (Å²) >= 11 is 0. The maximum Gasteiger partial charge on any atom is 0.323 e. The summed E-state index contributed by atoms with van der Waals surface area (Å²) < 4.78 is 7.15. The molecule has 96 valence electrons. The average Bonchev–Trinajstić information content (AvgIpc) is 2.90. The third-order valence-corrected chi connectivity index (χ3v) is 2.11. The van der Waals surface area contributed by atoms with Crippen molar-refractivity contribution in [2.45, 2.75) is 20.3 Å². The maximum absolute atomic E-state index is 5.44. The van der Waals surface area contributed by atoms with Gasteiger partial charge in [0.25, 0.3) is 0 Å². The highest BCUT2D eigenvalue weighted by Crippen LogP contribution is 2.11. The first-order chi connectivity index (χ1) is 8.83. The highest BCUT2D eigenvalue weighted by atomic mass is 16.5. The van der Waals surface area contributed by atoms with Gasteiger partial charge in [0.15, 0.2) is 0 Å². The van der Waals surface area contributed by atoms with E-state index in [4.69, 9.17) is 4.74 Å². The normalized spacial score (nSPS) is 10.3. The van der Waals surface area contributed by atoms with E-state index in [0.29, 0.717) is 24.5 Å². The van der Waals surface area contributed by atoms with Crippen molar-refractivity contribution in [2.75, 3.05) is 18.5 Å². The van der Waals surface area contributed by atoms with E-state index >= 15 is 0 Å². The van der Waals surface area contributed by atoms with Crippen LogP contribution in [0, 0.1) is 0 Å². The van der Waals surface area contributed by atoms with Crippen LogP contribution in [0.5, 0.6) is 6.01 Å². The summed E-state index contributed by atoms with van der Waals surface area (Å²) in [4.78, 5) is 16.7. The van der Waals surface area contributed by atoms with Gasteiger partial charge in [0.2, 0.25) is 11.9 Å². The SMILES string of the molecule is CCCOc1nc(NCC)nc(-n2ccnc2)n1. The number of aromatic nitrogens is 5. The van der Waals surface area contributed by atoms with Gasteiger partial charge in [-0.3, -0.25) is 4.57 Å². The lowest BCUT2D eigenvalue weighted by Gasteiger charge is -2.08. The van der Waals surface area contributed by atoms with Crippen molar-refractivity contribution < 1.29 is 4.74 Å². The Balaban J connectivity index is 2.30. The quantitative estimate of drug-likeness (QED) is 0.829. The number of rotatable bonds is 6. The first kappa shape index (κ1) is 12.3. The number of nitrogens with one attached hydrogen (secondary N) is 1. The van der Waals surface area contributed by atoms with Gasteiger partial charge >= 0.3 is 6.01 Å². The first-order valence-electron chi connectivity index (χ1n) is 5.94. The highest BCUT2D eigenvalue weighted by Gasteiger charge is 2.08. The molecule has 0 amide bonds. The molecule has 0 aliphatic heterocycles. The summed E-state index contributed by atoms with van der Waals surface area (Å²) in [7, 11) is 0. The number of nitrogens with zero attached hydrogens (tertiary/aromatic N) is 5. The smallest absolute Gasteiger partial charge is 0.323 e. The molecule has 18 heavy (non-hydrogen) atoms. The Morgan fingerprint density at radius 3 is 2.83 bits per heavy atom. The van der Waals surface area contributed by atoms with Crippen LogP contribution in [-0.2, 0) is 0 Å². The monoisotopic (exact) mass is 248 g/mol. The average molecular weight is 248 g/mol. The molecule has 0 aromatic carbocycles. The van der Waals surface area contributed by atoms with Crippen molar-refractivity contribution in [3.05, 3.63) is 18.7 Å². The summed E-state index contributed by atoms with van der Waals surface area (Å²) in [5.74, 6) is 0.992. The Hall–Kier alpha value is -2.18. The summed E-state index contributed by atoms with van der Waals surface area (Å²) in [6, 6.07) is 0.325.